The minimum atomic E-state index is -0.775. The Labute approximate surface area is 187 Å². The quantitative estimate of drug-likeness (QED) is 0.633. The molecule has 6 heteroatoms. The first kappa shape index (κ1) is 23.4. The summed E-state index contributed by atoms with van der Waals surface area (Å²) in [5.74, 6) is -2.26. The predicted molar refractivity (Wildman–Crippen MR) is 118 cm³/mol. The fraction of sp³-hybridized carbons (Fsp3) is 0.385. The van der Waals surface area contributed by atoms with Crippen molar-refractivity contribution in [1.82, 2.24) is 0 Å². The highest BCUT2D eigenvalue weighted by Gasteiger charge is 2.34. The molecule has 0 unspecified atom stereocenters. The van der Waals surface area contributed by atoms with Crippen LogP contribution in [0.2, 0.25) is 0 Å². The molecular weight excluding hydrogens is 408 g/mol. The van der Waals surface area contributed by atoms with Crippen LogP contribution in [-0.2, 0) is 9.59 Å². The molecule has 2 aromatic rings. The van der Waals surface area contributed by atoms with Crippen molar-refractivity contribution in [1.29, 1.82) is 0 Å². The Balaban J connectivity index is 0.000000181. The zero-order chi connectivity index (χ0) is 23.1. The second kappa shape index (κ2) is 10.8. The molecule has 0 amide bonds. The van der Waals surface area contributed by atoms with E-state index in [1.807, 2.05) is 36.4 Å². The van der Waals surface area contributed by atoms with Crippen LogP contribution in [0.1, 0.15) is 59.2 Å². The number of carboxylic acid groups (broad SMARTS) is 2. The Morgan fingerprint density at radius 1 is 0.531 bits per heavy atom. The second-order valence-electron chi connectivity index (χ2n) is 8.55. The minimum absolute atomic E-state index is 0.0874. The third-order valence-electron chi connectivity index (χ3n) is 6.42. The van der Waals surface area contributed by atoms with Gasteiger partial charge in [0.25, 0.3) is 0 Å². The minimum Gasteiger partial charge on any atom is -0.481 e. The summed E-state index contributed by atoms with van der Waals surface area (Å²) in [6.07, 6.45) is 3.62. The molecule has 2 aliphatic carbocycles. The van der Waals surface area contributed by atoms with E-state index < -0.39 is 11.9 Å². The normalized spacial score (nSPS) is 24.2. The lowest BCUT2D eigenvalue weighted by atomic mass is 9.95. The van der Waals surface area contributed by atoms with Crippen LogP contribution in [-0.4, -0.2) is 33.7 Å². The predicted octanol–water partition coefficient (Wildman–Crippen LogP) is 4.74. The van der Waals surface area contributed by atoms with E-state index >= 15 is 0 Å². The van der Waals surface area contributed by atoms with Crippen LogP contribution in [0.3, 0.4) is 0 Å². The molecule has 0 aromatic heterocycles. The van der Waals surface area contributed by atoms with E-state index in [9.17, 15) is 19.2 Å². The Kier molecular flexibility index (Phi) is 7.92. The number of Topliss-reactive ketones (excluding diaryl/α,β-unsaturated/α-hetero) is 2. The molecule has 0 saturated heterocycles. The van der Waals surface area contributed by atoms with Gasteiger partial charge in [-0.2, -0.15) is 0 Å². The number of carbonyl (C=O) groups is 4. The van der Waals surface area contributed by atoms with Crippen molar-refractivity contribution < 1.29 is 29.4 Å². The molecule has 0 spiro atoms. The van der Waals surface area contributed by atoms with Gasteiger partial charge in [0, 0.05) is 23.0 Å². The van der Waals surface area contributed by atoms with Gasteiger partial charge in [0.2, 0.25) is 0 Å². The summed E-state index contributed by atoms with van der Waals surface area (Å²) in [4.78, 5) is 45.6. The lowest BCUT2D eigenvalue weighted by molar-refractivity contribution is -0.142. The number of aliphatic carboxylic acids is 2. The van der Waals surface area contributed by atoms with Gasteiger partial charge in [-0.25, -0.2) is 0 Å². The van der Waals surface area contributed by atoms with Gasteiger partial charge in [0.1, 0.15) is 0 Å². The summed E-state index contributed by atoms with van der Waals surface area (Å²) < 4.78 is 0. The second-order valence-corrected chi connectivity index (χ2v) is 8.55. The molecule has 32 heavy (non-hydrogen) atoms. The molecule has 4 rings (SSSR count). The Morgan fingerprint density at radius 2 is 0.844 bits per heavy atom. The summed E-state index contributed by atoms with van der Waals surface area (Å²) in [6.45, 7) is 0. The van der Waals surface area contributed by atoms with Crippen LogP contribution in [0, 0.1) is 23.7 Å². The molecule has 2 aliphatic rings. The smallest absolute Gasteiger partial charge is 0.306 e. The lowest BCUT2D eigenvalue weighted by Crippen LogP contribution is -2.14. The van der Waals surface area contributed by atoms with E-state index in [2.05, 4.69) is 0 Å². The van der Waals surface area contributed by atoms with Crippen molar-refractivity contribution in [3.05, 3.63) is 71.8 Å². The fourth-order valence-corrected chi connectivity index (χ4v) is 4.56. The number of hydrogen-bond donors (Lipinski definition) is 2. The van der Waals surface area contributed by atoms with Crippen LogP contribution in [0.5, 0.6) is 0 Å². The monoisotopic (exact) mass is 436 g/mol. The Morgan fingerprint density at radius 3 is 1.12 bits per heavy atom. The van der Waals surface area contributed by atoms with Crippen LogP contribution in [0.4, 0.5) is 0 Å². The van der Waals surface area contributed by atoms with Crippen LogP contribution in [0.25, 0.3) is 0 Å². The molecule has 0 bridgehead atoms. The lowest BCUT2D eigenvalue weighted by Gasteiger charge is -2.08. The van der Waals surface area contributed by atoms with Crippen molar-refractivity contribution in [2.75, 3.05) is 0 Å². The van der Waals surface area contributed by atoms with Crippen LogP contribution >= 0.6 is 0 Å². The highest BCUT2D eigenvalue weighted by atomic mass is 16.4. The molecule has 168 valence electrons. The first-order valence-electron chi connectivity index (χ1n) is 11.0. The van der Waals surface area contributed by atoms with E-state index in [1.54, 1.807) is 24.3 Å². The van der Waals surface area contributed by atoms with Crippen molar-refractivity contribution >= 4 is 23.5 Å². The van der Waals surface area contributed by atoms with Gasteiger partial charge in [-0.05, 0) is 38.5 Å². The standard InChI is InChI=1S/2C13H14O3/c2*14-12(9-4-2-1-3-5-9)10-6-7-11(8-10)13(15)16/h2*1-5,10-11H,6-8H2,(H,15,16)/t2*10-,11+/m10/s1. The van der Waals surface area contributed by atoms with Crippen molar-refractivity contribution in [3.8, 4) is 0 Å². The zero-order valence-electron chi connectivity index (χ0n) is 17.9. The van der Waals surface area contributed by atoms with E-state index in [4.69, 9.17) is 10.2 Å². The number of carboxylic acids is 2. The number of rotatable bonds is 6. The summed E-state index contributed by atoms with van der Waals surface area (Å²) >= 11 is 0. The van der Waals surface area contributed by atoms with Crippen molar-refractivity contribution in [2.45, 2.75) is 38.5 Å². The van der Waals surface area contributed by atoms with Gasteiger partial charge in [-0.3, -0.25) is 19.2 Å². The highest BCUT2D eigenvalue weighted by molar-refractivity contribution is 5.99. The van der Waals surface area contributed by atoms with E-state index in [0.29, 0.717) is 49.7 Å². The molecule has 2 saturated carbocycles. The van der Waals surface area contributed by atoms with E-state index in [0.717, 1.165) is 0 Å². The molecule has 2 N–H and O–H groups in total. The third-order valence-corrected chi connectivity index (χ3v) is 6.42. The molecule has 0 heterocycles. The van der Waals surface area contributed by atoms with Gasteiger partial charge < -0.3 is 10.2 Å². The molecule has 2 fully saturated rings. The fourth-order valence-electron chi connectivity index (χ4n) is 4.56. The molecule has 0 aliphatic heterocycles. The Hall–Kier alpha value is -3.28. The molecule has 2 aromatic carbocycles. The first-order valence-corrected chi connectivity index (χ1v) is 11.0. The zero-order valence-corrected chi connectivity index (χ0v) is 17.9. The van der Waals surface area contributed by atoms with E-state index in [-0.39, 0.29) is 35.2 Å². The number of hydrogen-bond acceptors (Lipinski definition) is 4. The maximum Gasteiger partial charge on any atom is 0.306 e. The van der Waals surface area contributed by atoms with Crippen molar-refractivity contribution in [3.63, 3.8) is 0 Å². The molecule has 4 atom stereocenters. The van der Waals surface area contributed by atoms with Crippen LogP contribution < -0.4 is 0 Å². The van der Waals surface area contributed by atoms with Gasteiger partial charge in [-0.15, -0.1) is 0 Å². The van der Waals surface area contributed by atoms with Gasteiger partial charge >= 0.3 is 11.9 Å². The number of carbonyl (C=O) groups excluding carboxylic acids is 2. The molecular formula is C26H28O6. The molecule has 0 radical (unpaired) electrons. The summed E-state index contributed by atoms with van der Waals surface area (Å²) in [7, 11) is 0. The van der Waals surface area contributed by atoms with Crippen molar-refractivity contribution in [2.24, 2.45) is 23.7 Å². The summed E-state index contributed by atoms with van der Waals surface area (Å²) in [6, 6.07) is 18.2. The summed E-state index contributed by atoms with van der Waals surface area (Å²) in [5.41, 5.74) is 1.39. The van der Waals surface area contributed by atoms with Gasteiger partial charge in [0.15, 0.2) is 11.6 Å². The highest BCUT2D eigenvalue weighted by Crippen LogP contribution is 2.34. The topological polar surface area (TPSA) is 109 Å². The maximum absolute atomic E-state index is 12.0. The number of ketones is 2. The van der Waals surface area contributed by atoms with Gasteiger partial charge in [0.05, 0.1) is 11.8 Å². The van der Waals surface area contributed by atoms with Gasteiger partial charge in [-0.1, -0.05) is 60.7 Å². The molecule has 6 nitrogen and oxygen atoms in total. The largest absolute Gasteiger partial charge is 0.481 e. The maximum atomic E-state index is 12.0. The third kappa shape index (κ3) is 5.90. The first-order chi connectivity index (χ1) is 15.4. The average molecular weight is 437 g/mol. The van der Waals surface area contributed by atoms with Crippen LogP contribution in [0.15, 0.2) is 60.7 Å². The van der Waals surface area contributed by atoms with E-state index in [1.165, 1.54) is 0 Å². The number of benzene rings is 2. The Bertz CT molecular complexity index is 873. The summed E-state index contributed by atoms with van der Waals surface area (Å²) in [5, 5.41) is 17.7. The SMILES string of the molecule is O=C(O)[C@@H]1CC[C@H](C(=O)c2ccccc2)C1.O=C(O)[C@H]1CC[C@@H](C(=O)c2ccccc2)C1. The average Bonchev–Trinajstić information content (AvgIpc) is 3.50.